The monoisotopic (exact) mass is 562 g/mol. The zero-order valence-corrected chi connectivity index (χ0v) is 20.7. The van der Waals surface area contributed by atoms with E-state index in [1.807, 2.05) is 0 Å². The number of esters is 1. The van der Waals surface area contributed by atoms with Gasteiger partial charge in [-0.3, -0.25) is 9.59 Å². The average Bonchev–Trinajstić information content (AvgIpc) is 3.36. The van der Waals surface area contributed by atoms with E-state index >= 15 is 0 Å². The first-order valence-electron chi connectivity index (χ1n) is 11.1. The van der Waals surface area contributed by atoms with Crippen LogP contribution in [0, 0.1) is 28.8 Å². The molecule has 0 saturated carbocycles. The molecule has 2 heterocycles. The van der Waals surface area contributed by atoms with Gasteiger partial charge in [-0.25, -0.2) is 13.2 Å². The molecular formula is C27H16F6N2O3S. The summed E-state index contributed by atoms with van der Waals surface area (Å²) >= 11 is 0.881. The number of nitrogens with zero attached hydrogens (tertiary/aromatic N) is 2. The van der Waals surface area contributed by atoms with Crippen LogP contribution in [0.1, 0.15) is 22.3 Å². The number of aromatic nitrogens is 1. The topological polar surface area (TPSA) is 72.1 Å². The SMILES string of the molecule is COC(=O)Cc1ccc(F)c(-c2csc(-c3cc(C(F)(F)F)c(C#N)c(=O)n3Cc3ccc(F)cc3F)c2)c1. The summed E-state index contributed by atoms with van der Waals surface area (Å²) in [5, 5.41) is 10.8. The summed E-state index contributed by atoms with van der Waals surface area (Å²) in [6.45, 7) is -0.608. The average molecular weight is 562 g/mol. The summed E-state index contributed by atoms with van der Waals surface area (Å²) in [5.74, 6) is -3.17. The van der Waals surface area contributed by atoms with Crippen molar-refractivity contribution in [1.82, 2.24) is 4.57 Å². The number of benzene rings is 2. The predicted octanol–water partition coefficient (Wildman–Crippen LogP) is 6.32. The Hall–Kier alpha value is -4.37. The van der Waals surface area contributed by atoms with Crippen LogP contribution < -0.4 is 5.56 Å². The van der Waals surface area contributed by atoms with E-state index in [9.17, 15) is 41.2 Å². The second kappa shape index (κ2) is 10.8. The number of alkyl halides is 3. The van der Waals surface area contributed by atoms with Crippen LogP contribution in [-0.2, 0) is 28.7 Å². The number of ether oxygens (including phenoxy) is 1. The fourth-order valence-electron chi connectivity index (χ4n) is 3.91. The number of nitriles is 1. The lowest BCUT2D eigenvalue weighted by atomic mass is 10.0. The molecule has 0 aliphatic rings. The third-order valence-electron chi connectivity index (χ3n) is 5.83. The Morgan fingerprint density at radius 2 is 1.79 bits per heavy atom. The second-order valence-corrected chi connectivity index (χ2v) is 9.23. The Morgan fingerprint density at radius 1 is 1.05 bits per heavy atom. The molecule has 4 aromatic rings. The fraction of sp³-hybridized carbons (Fsp3) is 0.148. The molecule has 0 spiro atoms. The molecule has 0 saturated heterocycles. The molecule has 0 bridgehead atoms. The van der Waals surface area contributed by atoms with Crippen molar-refractivity contribution in [2.75, 3.05) is 7.11 Å². The van der Waals surface area contributed by atoms with Crippen LogP contribution in [0.15, 0.2) is 58.7 Å². The Morgan fingerprint density at radius 3 is 2.44 bits per heavy atom. The van der Waals surface area contributed by atoms with E-state index < -0.39 is 52.8 Å². The highest BCUT2D eigenvalue weighted by Gasteiger charge is 2.37. The first kappa shape index (κ1) is 27.7. The number of hydrogen-bond donors (Lipinski definition) is 0. The van der Waals surface area contributed by atoms with Crippen molar-refractivity contribution in [2.24, 2.45) is 0 Å². The minimum atomic E-state index is -5.06. The molecule has 5 nitrogen and oxygen atoms in total. The van der Waals surface area contributed by atoms with Crippen molar-refractivity contribution >= 4 is 17.3 Å². The Kier molecular flexibility index (Phi) is 7.65. The second-order valence-electron chi connectivity index (χ2n) is 8.32. The van der Waals surface area contributed by atoms with Gasteiger partial charge in [-0.15, -0.1) is 11.3 Å². The van der Waals surface area contributed by atoms with Crippen molar-refractivity contribution in [3.05, 3.63) is 104 Å². The molecule has 200 valence electrons. The van der Waals surface area contributed by atoms with Crippen molar-refractivity contribution in [3.63, 3.8) is 0 Å². The van der Waals surface area contributed by atoms with Crippen LogP contribution in [0.4, 0.5) is 26.3 Å². The third kappa shape index (κ3) is 5.73. The van der Waals surface area contributed by atoms with Crippen LogP contribution in [-0.4, -0.2) is 17.6 Å². The summed E-state index contributed by atoms with van der Waals surface area (Å²) in [6, 6.07) is 9.62. The molecule has 2 aromatic carbocycles. The van der Waals surface area contributed by atoms with E-state index in [0.29, 0.717) is 17.7 Å². The first-order valence-corrected chi connectivity index (χ1v) is 11.9. The lowest BCUT2D eigenvalue weighted by Crippen LogP contribution is -2.28. The summed E-state index contributed by atoms with van der Waals surface area (Å²) in [4.78, 5) is 24.8. The van der Waals surface area contributed by atoms with Gasteiger partial charge in [0.2, 0.25) is 0 Å². The van der Waals surface area contributed by atoms with E-state index in [4.69, 9.17) is 0 Å². The number of thiophene rings is 1. The molecule has 12 heteroatoms. The Bertz CT molecular complexity index is 1680. The van der Waals surface area contributed by atoms with Crippen molar-refractivity contribution < 1.29 is 35.9 Å². The quantitative estimate of drug-likeness (QED) is 0.204. The molecule has 2 aromatic heterocycles. The minimum Gasteiger partial charge on any atom is -0.469 e. The number of rotatable bonds is 6. The first-order chi connectivity index (χ1) is 18.4. The Balaban J connectivity index is 1.89. The molecule has 0 radical (unpaired) electrons. The van der Waals surface area contributed by atoms with Gasteiger partial charge < -0.3 is 9.30 Å². The van der Waals surface area contributed by atoms with Gasteiger partial charge in [0.25, 0.3) is 5.56 Å². The van der Waals surface area contributed by atoms with E-state index in [2.05, 4.69) is 4.74 Å². The van der Waals surface area contributed by atoms with Gasteiger partial charge in [-0.05, 0) is 46.8 Å². The molecule has 4 rings (SSSR count). The van der Waals surface area contributed by atoms with Crippen molar-refractivity contribution in [2.45, 2.75) is 19.1 Å². The highest BCUT2D eigenvalue weighted by atomic mass is 32.1. The highest BCUT2D eigenvalue weighted by Crippen LogP contribution is 2.38. The van der Waals surface area contributed by atoms with Gasteiger partial charge >= 0.3 is 12.1 Å². The van der Waals surface area contributed by atoms with E-state index in [1.54, 1.807) is 0 Å². The maximum Gasteiger partial charge on any atom is 0.417 e. The number of pyridine rings is 1. The lowest BCUT2D eigenvalue weighted by Gasteiger charge is -2.17. The molecule has 0 amide bonds. The van der Waals surface area contributed by atoms with Crippen LogP contribution >= 0.6 is 11.3 Å². The van der Waals surface area contributed by atoms with Crippen LogP contribution in [0.25, 0.3) is 21.7 Å². The summed E-state index contributed by atoms with van der Waals surface area (Å²) in [7, 11) is 1.20. The van der Waals surface area contributed by atoms with Crippen LogP contribution in [0.3, 0.4) is 0 Å². The summed E-state index contributed by atoms with van der Waals surface area (Å²) < 4.78 is 89.3. The van der Waals surface area contributed by atoms with E-state index in [1.165, 1.54) is 36.8 Å². The molecular weight excluding hydrogens is 546 g/mol. The van der Waals surface area contributed by atoms with Crippen LogP contribution in [0.5, 0.6) is 0 Å². The number of carbonyl (C=O) groups excluding carboxylic acids is 1. The molecule has 39 heavy (non-hydrogen) atoms. The third-order valence-corrected chi connectivity index (χ3v) is 6.78. The predicted molar refractivity (Wildman–Crippen MR) is 130 cm³/mol. The van der Waals surface area contributed by atoms with Gasteiger partial charge in [0.15, 0.2) is 0 Å². The molecule has 0 N–H and O–H groups in total. The maximum absolute atomic E-state index is 14.7. The summed E-state index contributed by atoms with van der Waals surface area (Å²) in [6.07, 6.45) is -5.21. The lowest BCUT2D eigenvalue weighted by molar-refractivity contribution is -0.140. The van der Waals surface area contributed by atoms with E-state index in [0.717, 1.165) is 34.1 Å². The molecule has 0 aliphatic carbocycles. The largest absolute Gasteiger partial charge is 0.469 e. The zero-order valence-electron chi connectivity index (χ0n) is 19.9. The van der Waals surface area contributed by atoms with E-state index in [-0.39, 0.29) is 33.7 Å². The molecule has 0 atom stereocenters. The van der Waals surface area contributed by atoms with Gasteiger partial charge in [0.1, 0.15) is 29.1 Å². The van der Waals surface area contributed by atoms with Gasteiger partial charge in [0, 0.05) is 17.2 Å². The van der Waals surface area contributed by atoms with Crippen molar-refractivity contribution in [3.8, 4) is 27.8 Å². The number of hydrogen-bond acceptors (Lipinski definition) is 5. The molecule has 0 fully saturated rings. The highest BCUT2D eigenvalue weighted by molar-refractivity contribution is 7.14. The Labute approximate surface area is 221 Å². The van der Waals surface area contributed by atoms with Gasteiger partial charge in [0.05, 0.1) is 36.2 Å². The fourth-order valence-corrected chi connectivity index (χ4v) is 4.85. The minimum absolute atomic E-state index is 0.0436. The maximum atomic E-state index is 14.7. The standard InChI is InChI=1S/C27H16F6N2O3S/c1-38-25(36)7-14-2-5-21(29)18(6-14)16-8-24(39-13-16)23-10-20(27(31,32)33)19(11-34)26(37)35(23)12-15-3-4-17(28)9-22(15)30/h2-6,8-10,13H,7,12H2,1H3. The van der Waals surface area contributed by atoms with Gasteiger partial charge in [-0.1, -0.05) is 12.1 Å². The number of carbonyl (C=O) groups is 1. The van der Waals surface area contributed by atoms with Gasteiger partial charge in [-0.2, -0.15) is 18.4 Å². The van der Waals surface area contributed by atoms with Crippen LogP contribution in [0.2, 0.25) is 0 Å². The van der Waals surface area contributed by atoms with Crippen molar-refractivity contribution in [1.29, 1.82) is 5.26 Å². The zero-order chi connectivity index (χ0) is 28.5. The normalized spacial score (nSPS) is 11.3. The summed E-state index contributed by atoms with van der Waals surface area (Å²) in [5.41, 5.74) is -3.81. The smallest absolute Gasteiger partial charge is 0.417 e. The molecule has 0 unspecified atom stereocenters. The molecule has 0 aliphatic heterocycles. The number of methoxy groups -OCH3 is 1. The number of halogens is 6.